The van der Waals surface area contributed by atoms with Crippen LogP contribution in [0.3, 0.4) is 0 Å². The lowest BCUT2D eigenvalue weighted by molar-refractivity contribution is 1.29. The summed E-state index contributed by atoms with van der Waals surface area (Å²) in [7, 11) is 0. The van der Waals surface area contributed by atoms with Crippen LogP contribution in [0, 0.1) is 0 Å². The summed E-state index contributed by atoms with van der Waals surface area (Å²) in [6, 6.07) is 6.42. The van der Waals surface area contributed by atoms with Gasteiger partial charge in [0.2, 0.25) is 0 Å². The Morgan fingerprint density at radius 2 is 1.84 bits per heavy atom. The van der Waals surface area contributed by atoms with Gasteiger partial charge in [0.25, 0.3) is 0 Å². The highest BCUT2D eigenvalue weighted by molar-refractivity contribution is 6.31. The lowest BCUT2D eigenvalue weighted by Crippen LogP contribution is -2.12. The SMILES string of the molecule is O=c1cc[nH]cc1-c1c[nH]c2ccc(Cl)cc2c1=O. The van der Waals surface area contributed by atoms with Crippen LogP contribution in [-0.4, -0.2) is 9.97 Å². The highest BCUT2D eigenvalue weighted by Crippen LogP contribution is 2.17. The molecule has 0 aliphatic rings. The molecule has 0 aliphatic heterocycles. The number of fused-ring (bicyclic) bond motifs is 1. The molecule has 0 radical (unpaired) electrons. The van der Waals surface area contributed by atoms with Crippen molar-refractivity contribution in [2.24, 2.45) is 0 Å². The van der Waals surface area contributed by atoms with Crippen molar-refractivity contribution in [1.82, 2.24) is 9.97 Å². The first-order chi connectivity index (χ1) is 9.16. The molecule has 0 bridgehead atoms. The summed E-state index contributed by atoms with van der Waals surface area (Å²) in [4.78, 5) is 30.0. The van der Waals surface area contributed by atoms with E-state index in [-0.39, 0.29) is 10.9 Å². The third kappa shape index (κ3) is 1.96. The maximum atomic E-state index is 12.4. The van der Waals surface area contributed by atoms with Gasteiger partial charge in [-0.15, -0.1) is 0 Å². The Balaban J connectivity index is 2.38. The van der Waals surface area contributed by atoms with Crippen molar-refractivity contribution in [3.05, 3.63) is 68.3 Å². The second-order valence-corrected chi connectivity index (χ2v) is 4.58. The molecule has 4 nitrogen and oxygen atoms in total. The number of H-pyrrole nitrogens is 2. The molecule has 2 N–H and O–H groups in total. The van der Waals surface area contributed by atoms with Crippen molar-refractivity contribution in [2.75, 3.05) is 0 Å². The Kier molecular flexibility index (Phi) is 2.72. The van der Waals surface area contributed by atoms with Gasteiger partial charge in [-0.3, -0.25) is 9.59 Å². The summed E-state index contributed by atoms with van der Waals surface area (Å²) < 4.78 is 0. The van der Waals surface area contributed by atoms with E-state index in [0.29, 0.717) is 27.1 Å². The van der Waals surface area contributed by atoms with Gasteiger partial charge in [-0.05, 0) is 18.2 Å². The Morgan fingerprint density at radius 1 is 1.00 bits per heavy atom. The number of hydrogen-bond acceptors (Lipinski definition) is 2. The van der Waals surface area contributed by atoms with Crippen LogP contribution in [0.25, 0.3) is 22.0 Å². The van der Waals surface area contributed by atoms with Crippen LogP contribution in [0.5, 0.6) is 0 Å². The molecule has 0 atom stereocenters. The zero-order chi connectivity index (χ0) is 13.4. The van der Waals surface area contributed by atoms with Crippen molar-refractivity contribution in [2.45, 2.75) is 0 Å². The number of nitrogens with one attached hydrogen (secondary N) is 2. The predicted octanol–water partition coefficient (Wildman–Crippen LogP) is 2.54. The van der Waals surface area contributed by atoms with Crippen LogP contribution in [0.4, 0.5) is 0 Å². The molecule has 2 aromatic heterocycles. The quantitative estimate of drug-likeness (QED) is 0.715. The number of rotatable bonds is 1. The van der Waals surface area contributed by atoms with Crippen molar-refractivity contribution < 1.29 is 0 Å². The van der Waals surface area contributed by atoms with E-state index in [4.69, 9.17) is 11.6 Å². The standard InChI is InChI=1S/C14H9ClN2O2/c15-8-1-2-12-9(5-8)14(19)11(7-17-12)10-6-16-4-3-13(10)18/h1-7H,(H,16,18)(H,17,19). The Hall–Kier alpha value is -2.33. The summed E-state index contributed by atoms with van der Waals surface area (Å²) in [6.07, 6.45) is 4.59. The Morgan fingerprint density at radius 3 is 2.63 bits per heavy atom. The monoisotopic (exact) mass is 272 g/mol. The second kappa shape index (κ2) is 4.40. The fourth-order valence-corrected chi connectivity index (χ4v) is 2.19. The molecule has 0 saturated carbocycles. The van der Waals surface area contributed by atoms with Gasteiger partial charge >= 0.3 is 0 Å². The van der Waals surface area contributed by atoms with Crippen LogP contribution in [0.2, 0.25) is 5.02 Å². The highest BCUT2D eigenvalue weighted by atomic mass is 35.5. The first-order valence-electron chi connectivity index (χ1n) is 5.65. The summed E-state index contributed by atoms with van der Waals surface area (Å²) in [5.74, 6) is 0. The number of hydrogen-bond donors (Lipinski definition) is 2. The predicted molar refractivity (Wildman–Crippen MR) is 75.6 cm³/mol. The number of halogens is 1. The zero-order valence-electron chi connectivity index (χ0n) is 9.74. The van der Waals surface area contributed by atoms with E-state index in [1.165, 1.54) is 18.5 Å². The molecular weight excluding hydrogens is 264 g/mol. The molecular formula is C14H9ClN2O2. The van der Waals surface area contributed by atoms with Crippen molar-refractivity contribution in [1.29, 1.82) is 0 Å². The van der Waals surface area contributed by atoms with E-state index in [2.05, 4.69) is 9.97 Å². The molecule has 2 heterocycles. The molecule has 1 aromatic carbocycles. The summed E-state index contributed by atoms with van der Waals surface area (Å²) in [6.45, 7) is 0. The van der Waals surface area contributed by atoms with Crippen molar-refractivity contribution >= 4 is 22.5 Å². The topological polar surface area (TPSA) is 65.7 Å². The second-order valence-electron chi connectivity index (χ2n) is 4.14. The van der Waals surface area contributed by atoms with Gasteiger partial charge in [0.15, 0.2) is 10.9 Å². The Labute approximate surface area is 112 Å². The number of aromatic nitrogens is 2. The first kappa shape index (κ1) is 11.7. The first-order valence-corrected chi connectivity index (χ1v) is 6.03. The van der Waals surface area contributed by atoms with E-state index in [0.717, 1.165) is 0 Å². The minimum atomic E-state index is -0.215. The normalized spacial score (nSPS) is 10.8. The summed E-state index contributed by atoms with van der Waals surface area (Å²) >= 11 is 5.90. The smallest absolute Gasteiger partial charge is 0.197 e. The van der Waals surface area contributed by atoms with Crippen LogP contribution >= 0.6 is 11.6 Å². The number of benzene rings is 1. The van der Waals surface area contributed by atoms with Gasteiger partial charge in [-0.1, -0.05) is 11.6 Å². The maximum Gasteiger partial charge on any atom is 0.197 e. The van der Waals surface area contributed by atoms with Gasteiger partial charge in [-0.25, -0.2) is 0 Å². The lowest BCUT2D eigenvalue weighted by Gasteiger charge is -2.03. The van der Waals surface area contributed by atoms with E-state index in [1.807, 2.05) is 0 Å². The molecule has 0 spiro atoms. The third-order valence-electron chi connectivity index (χ3n) is 2.96. The molecule has 94 valence electrons. The maximum absolute atomic E-state index is 12.4. The van der Waals surface area contributed by atoms with E-state index in [1.54, 1.807) is 24.4 Å². The molecule has 0 fully saturated rings. The number of aromatic amines is 2. The molecule has 19 heavy (non-hydrogen) atoms. The third-order valence-corrected chi connectivity index (χ3v) is 3.19. The van der Waals surface area contributed by atoms with E-state index >= 15 is 0 Å². The zero-order valence-corrected chi connectivity index (χ0v) is 10.5. The fraction of sp³-hybridized carbons (Fsp3) is 0. The van der Waals surface area contributed by atoms with Gasteiger partial charge < -0.3 is 9.97 Å². The highest BCUT2D eigenvalue weighted by Gasteiger charge is 2.10. The molecule has 3 rings (SSSR count). The van der Waals surface area contributed by atoms with Gasteiger partial charge in [0.1, 0.15) is 0 Å². The van der Waals surface area contributed by atoms with Crippen LogP contribution in [0.1, 0.15) is 0 Å². The molecule has 5 heteroatoms. The lowest BCUT2D eigenvalue weighted by atomic mass is 10.1. The van der Waals surface area contributed by atoms with E-state index < -0.39 is 0 Å². The van der Waals surface area contributed by atoms with Crippen molar-refractivity contribution in [3.8, 4) is 11.1 Å². The fourth-order valence-electron chi connectivity index (χ4n) is 2.02. The average molecular weight is 273 g/mol. The minimum absolute atomic E-state index is 0.203. The molecule has 0 unspecified atom stereocenters. The van der Waals surface area contributed by atoms with Crippen LogP contribution in [-0.2, 0) is 0 Å². The van der Waals surface area contributed by atoms with Gasteiger partial charge in [0.05, 0.1) is 11.1 Å². The van der Waals surface area contributed by atoms with Gasteiger partial charge in [-0.2, -0.15) is 0 Å². The largest absolute Gasteiger partial charge is 0.367 e. The van der Waals surface area contributed by atoms with Gasteiger partial charge in [0, 0.05) is 40.6 Å². The average Bonchev–Trinajstić information content (AvgIpc) is 2.41. The molecule has 0 amide bonds. The van der Waals surface area contributed by atoms with Crippen molar-refractivity contribution in [3.63, 3.8) is 0 Å². The summed E-state index contributed by atoms with van der Waals surface area (Å²) in [5.41, 5.74) is 0.936. The molecule has 0 saturated heterocycles. The van der Waals surface area contributed by atoms with E-state index in [9.17, 15) is 9.59 Å². The molecule has 3 aromatic rings. The molecule has 0 aliphatic carbocycles. The van der Waals surface area contributed by atoms with Crippen LogP contribution < -0.4 is 10.9 Å². The number of pyridine rings is 2. The van der Waals surface area contributed by atoms with Crippen LogP contribution in [0.15, 0.2) is 52.4 Å². The minimum Gasteiger partial charge on any atom is -0.367 e. The Bertz CT molecular complexity index is 880. The summed E-state index contributed by atoms with van der Waals surface area (Å²) in [5, 5.41) is 0.949.